The van der Waals surface area contributed by atoms with Crippen molar-refractivity contribution in [3.05, 3.63) is 120 Å². The third-order valence-electron chi connectivity index (χ3n) is 7.07. The molecular weight excluding hydrogens is 409 g/mol. The fraction of sp³-hybridized carbons (Fsp3) is 0.281. The zero-order chi connectivity index (χ0) is 24.4. The molecule has 176 valence electrons. The standard InChI is InChI=1S/C25H30B.C7H10N/c1-5-6-19-26(23-13-7-20(2)8-14-23,24-15-9-21(3)10-16-24)25-17-11-22(4)12-18-25;1-2-8-6-4-3-5-7-8/h7-18H,5-6,19H2,1-4H3;3-7H,2H2,1H3/q-1;+1. The fourth-order valence-electron chi connectivity index (χ4n) is 4.92. The maximum Gasteiger partial charge on any atom is 0.168 e. The summed E-state index contributed by atoms with van der Waals surface area (Å²) in [5, 5.41) is 0. The van der Waals surface area contributed by atoms with Crippen LogP contribution in [0.25, 0.3) is 0 Å². The molecule has 0 saturated heterocycles. The first-order valence-electron chi connectivity index (χ1n) is 12.8. The third-order valence-corrected chi connectivity index (χ3v) is 7.07. The highest BCUT2D eigenvalue weighted by Crippen LogP contribution is 2.17. The van der Waals surface area contributed by atoms with Crippen LogP contribution in [0.3, 0.4) is 0 Å². The van der Waals surface area contributed by atoms with Crippen LogP contribution in [0.1, 0.15) is 43.4 Å². The van der Waals surface area contributed by atoms with Gasteiger partial charge in [-0.05, 0) is 27.7 Å². The Kier molecular flexibility index (Phi) is 9.28. The molecule has 2 heteroatoms. The summed E-state index contributed by atoms with van der Waals surface area (Å²) in [5.74, 6) is 0. The molecule has 1 aromatic heterocycles. The van der Waals surface area contributed by atoms with Gasteiger partial charge in [-0.2, -0.15) is 22.7 Å². The molecule has 4 rings (SSSR count). The average Bonchev–Trinajstić information content (AvgIpc) is 2.88. The number of benzene rings is 3. The highest BCUT2D eigenvalue weighted by atomic mass is 14.9. The molecule has 0 radical (unpaired) electrons. The summed E-state index contributed by atoms with van der Waals surface area (Å²) in [7, 11) is 0. The molecule has 34 heavy (non-hydrogen) atoms. The molecule has 4 aromatic rings. The summed E-state index contributed by atoms with van der Waals surface area (Å²) in [6.45, 7) is 12.0. The predicted molar refractivity (Wildman–Crippen MR) is 150 cm³/mol. The third kappa shape index (κ3) is 6.26. The molecule has 0 atom stereocenters. The first-order chi connectivity index (χ1) is 16.5. The second-order valence-electron chi connectivity index (χ2n) is 9.63. The van der Waals surface area contributed by atoms with Crippen LogP contribution in [-0.4, -0.2) is 6.15 Å². The van der Waals surface area contributed by atoms with E-state index in [0.717, 1.165) is 6.54 Å². The first-order valence-corrected chi connectivity index (χ1v) is 12.8. The van der Waals surface area contributed by atoms with E-state index in [2.05, 4.69) is 124 Å². The number of unbranched alkanes of at least 4 members (excludes halogenated alkanes) is 1. The van der Waals surface area contributed by atoms with E-state index < -0.39 is 6.15 Å². The normalized spacial score (nSPS) is 11.0. The van der Waals surface area contributed by atoms with Gasteiger partial charge in [0.2, 0.25) is 0 Å². The van der Waals surface area contributed by atoms with Crippen LogP contribution in [0.2, 0.25) is 6.32 Å². The fourth-order valence-corrected chi connectivity index (χ4v) is 4.92. The van der Waals surface area contributed by atoms with Gasteiger partial charge in [-0.3, -0.25) is 0 Å². The first kappa shape index (κ1) is 25.5. The molecule has 1 heterocycles. The minimum Gasteiger partial charge on any atom is -0.205 e. The van der Waals surface area contributed by atoms with Crippen molar-refractivity contribution in [3.63, 3.8) is 0 Å². The number of pyridine rings is 1. The highest BCUT2D eigenvalue weighted by Gasteiger charge is 2.29. The molecule has 0 aliphatic rings. The van der Waals surface area contributed by atoms with E-state index in [1.165, 1.54) is 52.2 Å². The molecular formula is C32H40BN. The number of hydrogen-bond acceptors (Lipinski definition) is 0. The summed E-state index contributed by atoms with van der Waals surface area (Å²) >= 11 is 0. The summed E-state index contributed by atoms with van der Waals surface area (Å²) in [6.07, 6.45) is 6.79. The number of rotatable bonds is 7. The maximum atomic E-state index is 2.35. The van der Waals surface area contributed by atoms with E-state index in [-0.39, 0.29) is 0 Å². The largest absolute Gasteiger partial charge is 0.205 e. The Bertz CT molecular complexity index is 1000. The van der Waals surface area contributed by atoms with Crippen molar-refractivity contribution >= 4 is 22.5 Å². The minimum absolute atomic E-state index is 0.957. The molecule has 3 aromatic carbocycles. The molecule has 1 nitrogen and oxygen atoms in total. The smallest absolute Gasteiger partial charge is 0.168 e. The Morgan fingerprint density at radius 3 is 1.24 bits per heavy atom. The lowest BCUT2D eigenvalue weighted by Gasteiger charge is -2.43. The van der Waals surface area contributed by atoms with Crippen LogP contribution in [0.5, 0.6) is 0 Å². The van der Waals surface area contributed by atoms with Gasteiger partial charge in [0.15, 0.2) is 12.4 Å². The molecule has 0 amide bonds. The second kappa shape index (κ2) is 12.4. The van der Waals surface area contributed by atoms with Crippen molar-refractivity contribution in [1.82, 2.24) is 0 Å². The zero-order valence-corrected chi connectivity index (χ0v) is 21.7. The lowest BCUT2D eigenvalue weighted by molar-refractivity contribution is -0.693. The van der Waals surface area contributed by atoms with Gasteiger partial charge in [0.1, 0.15) is 6.54 Å². The molecule has 0 fully saturated rings. The summed E-state index contributed by atoms with van der Waals surface area (Å²) < 4.78 is 2.12. The van der Waals surface area contributed by atoms with Gasteiger partial charge in [-0.25, -0.2) is 4.57 Å². The molecule has 0 bridgehead atoms. The SMILES string of the molecule is CCCC[B-](c1ccc(C)cc1)(c1ccc(C)cc1)c1ccc(C)cc1.CC[n+]1ccccc1. The van der Waals surface area contributed by atoms with Gasteiger partial charge >= 0.3 is 0 Å². The van der Waals surface area contributed by atoms with Gasteiger partial charge in [-0.1, -0.05) is 115 Å². The topological polar surface area (TPSA) is 3.88 Å². The van der Waals surface area contributed by atoms with Gasteiger partial charge in [-0.15, -0.1) is 0 Å². The van der Waals surface area contributed by atoms with Gasteiger partial charge < -0.3 is 0 Å². The predicted octanol–water partition coefficient (Wildman–Crippen LogP) is 5.88. The quantitative estimate of drug-likeness (QED) is 0.245. The van der Waals surface area contributed by atoms with E-state index in [0.29, 0.717) is 0 Å². The average molecular weight is 449 g/mol. The van der Waals surface area contributed by atoms with E-state index in [1.807, 2.05) is 18.2 Å². The molecule has 0 spiro atoms. The van der Waals surface area contributed by atoms with Gasteiger partial charge in [0.25, 0.3) is 0 Å². The van der Waals surface area contributed by atoms with Crippen molar-refractivity contribution in [1.29, 1.82) is 0 Å². The van der Waals surface area contributed by atoms with Crippen LogP contribution in [0.4, 0.5) is 0 Å². The van der Waals surface area contributed by atoms with Crippen molar-refractivity contribution < 1.29 is 4.57 Å². The maximum absolute atomic E-state index is 2.35. The van der Waals surface area contributed by atoms with E-state index >= 15 is 0 Å². The van der Waals surface area contributed by atoms with Crippen molar-refractivity contribution in [2.75, 3.05) is 0 Å². The Morgan fingerprint density at radius 1 is 0.559 bits per heavy atom. The lowest BCUT2D eigenvalue weighted by atomic mass is 9.14. The molecule has 0 saturated carbocycles. The molecule has 0 N–H and O–H groups in total. The summed E-state index contributed by atoms with van der Waals surface area (Å²) in [6, 6.07) is 33.8. The van der Waals surface area contributed by atoms with E-state index in [4.69, 9.17) is 0 Å². The highest BCUT2D eigenvalue weighted by molar-refractivity contribution is 7.11. The Balaban J connectivity index is 0.000000343. The van der Waals surface area contributed by atoms with Crippen LogP contribution in [0, 0.1) is 20.8 Å². The van der Waals surface area contributed by atoms with Gasteiger partial charge in [0, 0.05) is 12.1 Å². The van der Waals surface area contributed by atoms with Crippen LogP contribution in [0.15, 0.2) is 103 Å². The number of nitrogens with zero attached hydrogens (tertiary/aromatic N) is 1. The summed E-state index contributed by atoms with van der Waals surface area (Å²) in [5.41, 5.74) is 8.33. The van der Waals surface area contributed by atoms with Gasteiger partial charge in [0.05, 0.1) is 6.15 Å². The Hall–Kier alpha value is -3.13. The monoisotopic (exact) mass is 449 g/mol. The second-order valence-corrected chi connectivity index (χ2v) is 9.63. The number of hydrogen-bond donors (Lipinski definition) is 0. The Labute approximate surface area is 207 Å². The summed E-state index contributed by atoms with van der Waals surface area (Å²) in [4.78, 5) is 0. The van der Waals surface area contributed by atoms with E-state index in [1.54, 1.807) is 0 Å². The van der Waals surface area contributed by atoms with Crippen LogP contribution >= 0.6 is 0 Å². The van der Waals surface area contributed by atoms with E-state index in [9.17, 15) is 0 Å². The van der Waals surface area contributed by atoms with Crippen molar-refractivity contribution in [3.8, 4) is 0 Å². The van der Waals surface area contributed by atoms with Crippen LogP contribution in [-0.2, 0) is 6.54 Å². The van der Waals surface area contributed by atoms with Crippen molar-refractivity contribution in [2.45, 2.75) is 60.3 Å². The minimum atomic E-state index is -0.957. The number of aromatic nitrogens is 1. The number of aryl methyl sites for hydroxylation is 4. The zero-order valence-electron chi connectivity index (χ0n) is 21.7. The van der Waals surface area contributed by atoms with Crippen LogP contribution < -0.4 is 21.0 Å². The molecule has 0 aliphatic carbocycles. The van der Waals surface area contributed by atoms with Crippen molar-refractivity contribution in [2.24, 2.45) is 0 Å². The lowest BCUT2D eigenvalue weighted by Crippen LogP contribution is -2.67. The molecule has 0 aliphatic heterocycles. The Morgan fingerprint density at radius 2 is 0.941 bits per heavy atom. The molecule has 0 unspecified atom stereocenters.